The SMILES string of the molecule is COc1cc[c]c(Cc2ccccc2[N+](=O)[O-])c1. The molecule has 18 heavy (non-hydrogen) atoms. The molecule has 0 fully saturated rings. The van der Waals surface area contributed by atoms with Crippen molar-refractivity contribution in [1.29, 1.82) is 0 Å². The van der Waals surface area contributed by atoms with Crippen LogP contribution in [0.15, 0.2) is 42.5 Å². The molecule has 1 radical (unpaired) electrons. The Morgan fingerprint density at radius 2 is 2.11 bits per heavy atom. The standard InChI is InChI=1S/C14H12NO3/c1-18-13-7-4-5-11(10-13)9-12-6-2-3-8-14(12)15(16)17/h2-4,6-8,10H,9H2,1H3. The van der Waals surface area contributed by atoms with E-state index in [1.807, 2.05) is 6.07 Å². The molecule has 0 bridgehead atoms. The lowest BCUT2D eigenvalue weighted by molar-refractivity contribution is -0.385. The van der Waals surface area contributed by atoms with Crippen molar-refractivity contribution >= 4 is 5.69 Å². The Labute approximate surface area is 105 Å². The van der Waals surface area contributed by atoms with Crippen LogP contribution in [-0.4, -0.2) is 12.0 Å². The summed E-state index contributed by atoms with van der Waals surface area (Å²) in [6.45, 7) is 0. The quantitative estimate of drug-likeness (QED) is 0.611. The van der Waals surface area contributed by atoms with E-state index < -0.39 is 0 Å². The van der Waals surface area contributed by atoms with Gasteiger partial charge in [-0.3, -0.25) is 10.1 Å². The number of nitro groups is 1. The van der Waals surface area contributed by atoms with E-state index in [0.29, 0.717) is 12.0 Å². The highest BCUT2D eigenvalue weighted by Gasteiger charge is 2.12. The van der Waals surface area contributed by atoms with Crippen molar-refractivity contribution in [2.45, 2.75) is 6.42 Å². The molecule has 0 aliphatic carbocycles. The van der Waals surface area contributed by atoms with E-state index in [4.69, 9.17) is 4.74 Å². The van der Waals surface area contributed by atoms with Crippen LogP contribution in [0.4, 0.5) is 5.69 Å². The zero-order valence-corrected chi connectivity index (χ0v) is 9.92. The molecule has 0 atom stereocenters. The van der Waals surface area contributed by atoms with Crippen molar-refractivity contribution in [3.63, 3.8) is 0 Å². The molecule has 4 nitrogen and oxygen atoms in total. The second kappa shape index (κ2) is 5.31. The van der Waals surface area contributed by atoms with Crippen LogP contribution >= 0.6 is 0 Å². The minimum Gasteiger partial charge on any atom is -0.497 e. The van der Waals surface area contributed by atoms with Crippen LogP contribution in [0.2, 0.25) is 0 Å². The number of hydrogen-bond acceptors (Lipinski definition) is 3. The van der Waals surface area contributed by atoms with Gasteiger partial charge in [0.15, 0.2) is 0 Å². The van der Waals surface area contributed by atoms with Gasteiger partial charge in [-0.25, -0.2) is 0 Å². The molecule has 0 spiro atoms. The van der Waals surface area contributed by atoms with E-state index >= 15 is 0 Å². The number of hydrogen-bond donors (Lipinski definition) is 0. The summed E-state index contributed by atoms with van der Waals surface area (Å²) in [6, 6.07) is 15.2. The normalized spacial score (nSPS) is 10.1. The Bertz CT molecular complexity index is 566. The Balaban J connectivity index is 2.31. The highest BCUT2D eigenvalue weighted by atomic mass is 16.6. The number of nitro benzene ring substituents is 1. The molecule has 0 aromatic heterocycles. The summed E-state index contributed by atoms with van der Waals surface area (Å²) in [7, 11) is 1.59. The zero-order valence-electron chi connectivity index (χ0n) is 9.92. The van der Waals surface area contributed by atoms with E-state index in [1.54, 1.807) is 37.4 Å². The Morgan fingerprint density at radius 3 is 2.83 bits per heavy atom. The molecule has 2 aromatic carbocycles. The molecule has 0 amide bonds. The molecule has 0 aliphatic heterocycles. The van der Waals surface area contributed by atoms with Crippen LogP contribution < -0.4 is 4.74 Å². The summed E-state index contributed by atoms with van der Waals surface area (Å²) in [6.07, 6.45) is 0.467. The number of nitrogens with zero attached hydrogens (tertiary/aromatic N) is 1. The van der Waals surface area contributed by atoms with Crippen LogP contribution in [0.3, 0.4) is 0 Å². The maximum atomic E-state index is 10.9. The molecule has 0 N–H and O–H groups in total. The topological polar surface area (TPSA) is 52.4 Å². The zero-order chi connectivity index (χ0) is 13.0. The fraction of sp³-hybridized carbons (Fsp3) is 0.143. The summed E-state index contributed by atoms with van der Waals surface area (Å²) < 4.78 is 5.12. The third-order valence-electron chi connectivity index (χ3n) is 2.64. The first-order chi connectivity index (χ1) is 8.70. The highest BCUT2D eigenvalue weighted by molar-refractivity contribution is 5.43. The molecule has 0 aliphatic rings. The van der Waals surface area contributed by atoms with Crippen molar-refractivity contribution in [2.75, 3.05) is 7.11 Å². The average Bonchev–Trinajstić information content (AvgIpc) is 2.39. The number of benzene rings is 2. The van der Waals surface area contributed by atoms with Gasteiger partial charge in [0.25, 0.3) is 5.69 Å². The van der Waals surface area contributed by atoms with E-state index in [2.05, 4.69) is 6.07 Å². The smallest absolute Gasteiger partial charge is 0.272 e. The minimum atomic E-state index is -0.366. The number of para-hydroxylation sites is 1. The second-order valence-corrected chi connectivity index (χ2v) is 3.82. The molecular formula is C14H12NO3. The molecule has 0 heterocycles. The maximum Gasteiger partial charge on any atom is 0.272 e. The summed E-state index contributed by atoms with van der Waals surface area (Å²) in [5.41, 5.74) is 1.67. The largest absolute Gasteiger partial charge is 0.497 e. The van der Waals surface area contributed by atoms with E-state index in [1.165, 1.54) is 6.07 Å². The number of ether oxygens (including phenoxy) is 1. The third-order valence-corrected chi connectivity index (χ3v) is 2.64. The van der Waals surface area contributed by atoms with Gasteiger partial charge in [-0.1, -0.05) is 24.3 Å². The molecular weight excluding hydrogens is 230 g/mol. The van der Waals surface area contributed by atoms with Crippen LogP contribution in [-0.2, 0) is 6.42 Å². The van der Waals surface area contributed by atoms with Gasteiger partial charge in [-0.2, -0.15) is 0 Å². The molecule has 2 aromatic rings. The van der Waals surface area contributed by atoms with Crippen molar-refractivity contribution in [3.05, 3.63) is 69.8 Å². The predicted octanol–water partition coefficient (Wildman–Crippen LogP) is 2.99. The van der Waals surface area contributed by atoms with Crippen molar-refractivity contribution in [2.24, 2.45) is 0 Å². The first kappa shape index (κ1) is 12.1. The summed E-state index contributed by atoms with van der Waals surface area (Å²) in [5.74, 6) is 0.724. The van der Waals surface area contributed by atoms with Gasteiger partial charge in [-0.15, -0.1) is 0 Å². The van der Waals surface area contributed by atoms with Crippen LogP contribution in [0.1, 0.15) is 11.1 Å². The van der Waals surface area contributed by atoms with Crippen LogP contribution in [0.25, 0.3) is 0 Å². The molecule has 4 heteroatoms. The number of rotatable bonds is 4. The van der Waals surface area contributed by atoms with Gasteiger partial charge < -0.3 is 4.74 Å². The first-order valence-corrected chi connectivity index (χ1v) is 5.47. The lowest BCUT2D eigenvalue weighted by Crippen LogP contribution is -1.96. The second-order valence-electron chi connectivity index (χ2n) is 3.82. The van der Waals surface area contributed by atoms with Gasteiger partial charge in [0.05, 0.1) is 12.0 Å². The fourth-order valence-corrected chi connectivity index (χ4v) is 1.76. The third kappa shape index (κ3) is 2.66. The maximum absolute atomic E-state index is 10.9. The first-order valence-electron chi connectivity index (χ1n) is 5.47. The summed E-state index contributed by atoms with van der Waals surface area (Å²) >= 11 is 0. The molecule has 91 valence electrons. The van der Waals surface area contributed by atoms with Gasteiger partial charge in [-0.05, 0) is 23.8 Å². The molecule has 0 unspecified atom stereocenters. The molecule has 2 rings (SSSR count). The summed E-state index contributed by atoms with van der Waals surface area (Å²) in [5, 5.41) is 10.9. The molecule has 0 saturated heterocycles. The Morgan fingerprint density at radius 1 is 1.33 bits per heavy atom. The van der Waals surface area contributed by atoms with Crippen molar-refractivity contribution < 1.29 is 9.66 Å². The van der Waals surface area contributed by atoms with Crippen molar-refractivity contribution in [1.82, 2.24) is 0 Å². The fourth-order valence-electron chi connectivity index (χ4n) is 1.76. The predicted molar refractivity (Wildman–Crippen MR) is 67.7 cm³/mol. The highest BCUT2D eigenvalue weighted by Crippen LogP contribution is 2.22. The van der Waals surface area contributed by atoms with Gasteiger partial charge >= 0.3 is 0 Å². The Hall–Kier alpha value is -2.36. The van der Waals surface area contributed by atoms with Crippen molar-refractivity contribution in [3.8, 4) is 5.75 Å². The number of methoxy groups -OCH3 is 1. The monoisotopic (exact) mass is 242 g/mol. The van der Waals surface area contributed by atoms with E-state index in [-0.39, 0.29) is 10.6 Å². The van der Waals surface area contributed by atoms with Crippen LogP contribution in [0, 0.1) is 16.2 Å². The molecule has 0 saturated carbocycles. The van der Waals surface area contributed by atoms with E-state index in [0.717, 1.165) is 11.3 Å². The van der Waals surface area contributed by atoms with E-state index in [9.17, 15) is 10.1 Å². The van der Waals surface area contributed by atoms with Gasteiger partial charge in [0.1, 0.15) is 5.75 Å². The van der Waals surface area contributed by atoms with Gasteiger partial charge in [0.2, 0.25) is 0 Å². The Kier molecular flexibility index (Phi) is 3.57. The summed E-state index contributed by atoms with van der Waals surface area (Å²) in [4.78, 5) is 10.5. The average molecular weight is 242 g/mol. The van der Waals surface area contributed by atoms with Crippen LogP contribution in [0.5, 0.6) is 5.75 Å². The van der Waals surface area contributed by atoms with Gasteiger partial charge in [0, 0.05) is 18.1 Å². The lowest BCUT2D eigenvalue weighted by Gasteiger charge is -2.05. The minimum absolute atomic E-state index is 0.133. The lowest BCUT2D eigenvalue weighted by atomic mass is 10.0.